The summed E-state index contributed by atoms with van der Waals surface area (Å²) in [6, 6.07) is 7.97. The highest BCUT2D eigenvalue weighted by Gasteiger charge is 2.06. The fraction of sp³-hybridized carbons (Fsp3) is 0.273. The van der Waals surface area contributed by atoms with Crippen molar-refractivity contribution in [3.8, 4) is 5.75 Å². The van der Waals surface area contributed by atoms with Gasteiger partial charge in [0.2, 0.25) is 0 Å². The summed E-state index contributed by atoms with van der Waals surface area (Å²) >= 11 is 1.19. The van der Waals surface area contributed by atoms with Crippen molar-refractivity contribution >= 4 is 16.5 Å². The summed E-state index contributed by atoms with van der Waals surface area (Å²) in [4.78, 5) is 0. The highest BCUT2D eigenvalue weighted by atomic mass is 32.1. The van der Waals surface area contributed by atoms with E-state index in [-0.39, 0.29) is 0 Å². The molecule has 0 aliphatic heterocycles. The second-order valence-corrected chi connectivity index (χ2v) is 4.12. The summed E-state index contributed by atoms with van der Waals surface area (Å²) in [6.45, 7) is 2.47. The van der Waals surface area contributed by atoms with E-state index in [0.29, 0.717) is 17.3 Å². The molecule has 2 N–H and O–H groups in total. The van der Waals surface area contributed by atoms with E-state index in [4.69, 9.17) is 10.5 Å². The van der Waals surface area contributed by atoms with Crippen molar-refractivity contribution in [1.82, 2.24) is 9.59 Å². The highest BCUT2D eigenvalue weighted by molar-refractivity contribution is 7.09. The molecule has 0 unspecified atom stereocenters. The number of aromatic nitrogens is 2. The molecule has 2 rings (SSSR count). The van der Waals surface area contributed by atoms with E-state index in [2.05, 4.69) is 22.6 Å². The van der Waals surface area contributed by atoms with Crippen molar-refractivity contribution in [2.75, 3.05) is 5.73 Å². The van der Waals surface area contributed by atoms with Gasteiger partial charge in [0.25, 0.3) is 0 Å². The van der Waals surface area contributed by atoms with Crippen LogP contribution in [0.4, 0.5) is 5.00 Å². The van der Waals surface area contributed by atoms with Gasteiger partial charge in [0.1, 0.15) is 23.1 Å². The fourth-order valence-corrected chi connectivity index (χ4v) is 1.83. The molecule has 0 aliphatic rings. The predicted octanol–water partition coefficient (Wildman–Crippen LogP) is 2.26. The molecule has 0 atom stereocenters. The van der Waals surface area contributed by atoms with E-state index in [1.165, 1.54) is 17.1 Å². The highest BCUT2D eigenvalue weighted by Crippen LogP contribution is 2.21. The van der Waals surface area contributed by atoms with Gasteiger partial charge in [-0.3, -0.25) is 0 Å². The van der Waals surface area contributed by atoms with Crippen LogP contribution < -0.4 is 10.5 Å². The van der Waals surface area contributed by atoms with Gasteiger partial charge in [0, 0.05) is 11.5 Å². The van der Waals surface area contributed by atoms with Gasteiger partial charge in [0.15, 0.2) is 0 Å². The van der Waals surface area contributed by atoms with Crippen LogP contribution >= 0.6 is 11.5 Å². The number of aryl methyl sites for hydroxylation is 1. The van der Waals surface area contributed by atoms with Gasteiger partial charge in [-0.05, 0) is 18.1 Å². The zero-order chi connectivity index (χ0) is 11.4. The third kappa shape index (κ3) is 2.30. The number of hydrogen-bond donors (Lipinski definition) is 1. The maximum atomic E-state index is 5.69. The van der Waals surface area contributed by atoms with Crippen LogP contribution in [0.1, 0.15) is 18.2 Å². The number of anilines is 1. The average Bonchev–Trinajstić information content (AvgIpc) is 2.72. The van der Waals surface area contributed by atoms with Crippen LogP contribution in [0.15, 0.2) is 24.3 Å². The first-order chi connectivity index (χ1) is 7.81. The molecular formula is C11H13N3OS. The summed E-state index contributed by atoms with van der Waals surface area (Å²) in [5, 5.41) is 4.52. The van der Waals surface area contributed by atoms with Crippen LogP contribution in [0, 0.1) is 0 Å². The van der Waals surface area contributed by atoms with E-state index in [1.807, 2.05) is 18.2 Å². The SMILES string of the molecule is CCc1ccccc1OCc1nnsc1N. The van der Waals surface area contributed by atoms with E-state index in [1.54, 1.807) is 0 Å². The van der Waals surface area contributed by atoms with Crippen molar-refractivity contribution in [3.63, 3.8) is 0 Å². The summed E-state index contributed by atoms with van der Waals surface area (Å²) in [5.74, 6) is 0.886. The molecule has 1 aromatic heterocycles. The molecule has 0 bridgehead atoms. The lowest BCUT2D eigenvalue weighted by atomic mass is 10.1. The van der Waals surface area contributed by atoms with Gasteiger partial charge in [-0.1, -0.05) is 29.6 Å². The minimum atomic E-state index is 0.374. The quantitative estimate of drug-likeness (QED) is 0.883. The second kappa shape index (κ2) is 4.94. The number of benzene rings is 1. The first-order valence-electron chi connectivity index (χ1n) is 5.08. The van der Waals surface area contributed by atoms with Crippen molar-refractivity contribution in [1.29, 1.82) is 0 Å². The minimum Gasteiger partial charge on any atom is -0.487 e. The number of rotatable bonds is 4. The van der Waals surface area contributed by atoms with Gasteiger partial charge < -0.3 is 10.5 Å². The standard InChI is InChI=1S/C11H13N3OS/c1-2-8-5-3-4-6-10(8)15-7-9-11(12)16-14-13-9/h3-6H,2,7,12H2,1H3. The van der Waals surface area contributed by atoms with Crippen LogP contribution in [0.3, 0.4) is 0 Å². The molecule has 0 saturated heterocycles. The summed E-state index contributed by atoms with van der Waals surface area (Å²) < 4.78 is 9.44. The maximum Gasteiger partial charge on any atom is 0.136 e. The van der Waals surface area contributed by atoms with Gasteiger partial charge in [-0.15, -0.1) is 5.10 Å². The fourth-order valence-electron chi connectivity index (χ4n) is 1.40. The lowest BCUT2D eigenvalue weighted by molar-refractivity contribution is 0.299. The number of para-hydroxylation sites is 1. The van der Waals surface area contributed by atoms with Crippen LogP contribution in [-0.2, 0) is 13.0 Å². The Bertz CT molecular complexity index is 470. The monoisotopic (exact) mass is 235 g/mol. The minimum absolute atomic E-state index is 0.374. The van der Waals surface area contributed by atoms with E-state index >= 15 is 0 Å². The molecule has 16 heavy (non-hydrogen) atoms. The Kier molecular flexibility index (Phi) is 3.36. The van der Waals surface area contributed by atoms with Gasteiger partial charge >= 0.3 is 0 Å². The molecule has 5 heteroatoms. The molecule has 4 nitrogen and oxygen atoms in total. The first kappa shape index (κ1) is 10.9. The number of nitrogens with zero attached hydrogens (tertiary/aromatic N) is 2. The molecule has 0 spiro atoms. The summed E-state index contributed by atoms with van der Waals surface area (Å²) in [7, 11) is 0. The Labute approximate surface area is 98.2 Å². The number of hydrogen-bond acceptors (Lipinski definition) is 5. The zero-order valence-corrected chi connectivity index (χ0v) is 9.83. The number of ether oxygens (including phenoxy) is 1. The summed E-state index contributed by atoms with van der Waals surface area (Å²) in [5.41, 5.74) is 7.58. The van der Waals surface area contributed by atoms with Crippen LogP contribution in [0.2, 0.25) is 0 Å². The predicted molar refractivity (Wildman–Crippen MR) is 64.5 cm³/mol. The number of nitrogen functional groups attached to an aromatic ring is 1. The molecule has 2 aromatic rings. The molecule has 1 heterocycles. The van der Waals surface area contributed by atoms with Crippen LogP contribution in [0.5, 0.6) is 5.75 Å². The Morgan fingerprint density at radius 2 is 2.19 bits per heavy atom. The maximum absolute atomic E-state index is 5.69. The van der Waals surface area contributed by atoms with E-state index in [9.17, 15) is 0 Å². The molecule has 0 radical (unpaired) electrons. The van der Waals surface area contributed by atoms with Crippen molar-refractivity contribution in [2.24, 2.45) is 0 Å². The smallest absolute Gasteiger partial charge is 0.136 e. The Morgan fingerprint density at radius 3 is 2.88 bits per heavy atom. The third-order valence-electron chi connectivity index (χ3n) is 2.30. The first-order valence-corrected chi connectivity index (χ1v) is 5.86. The van der Waals surface area contributed by atoms with E-state index in [0.717, 1.165) is 12.2 Å². The molecule has 0 aliphatic carbocycles. The lowest BCUT2D eigenvalue weighted by Gasteiger charge is -2.08. The lowest BCUT2D eigenvalue weighted by Crippen LogP contribution is -2.00. The second-order valence-electron chi connectivity index (χ2n) is 3.33. The van der Waals surface area contributed by atoms with Crippen molar-refractivity contribution < 1.29 is 4.74 Å². The van der Waals surface area contributed by atoms with Gasteiger partial charge in [0.05, 0.1) is 0 Å². The van der Waals surface area contributed by atoms with Crippen LogP contribution in [-0.4, -0.2) is 9.59 Å². The van der Waals surface area contributed by atoms with Gasteiger partial charge in [-0.25, -0.2) is 0 Å². The molecule has 84 valence electrons. The average molecular weight is 235 g/mol. The molecule has 1 aromatic carbocycles. The normalized spacial score (nSPS) is 10.3. The third-order valence-corrected chi connectivity index (χ3v) is 2.90. The van der Waals surface area contributed by atoms with Crippen molar-refractivity contribution in [2.45, 2.75) is 20.0 Å². The van der Waals surface area contributed by atoms with Gasteiger partial charge in [-0.2, -0.15) is 0 Å². The Morgan fingerprint density at radius 1 is 1.38 bits per heavy atom. The zero-order valence-electron chi connectivity index (χ0n) is 9.01. The van der Waals surface area contributed by atoms with Crippen molar-refractivity contribution in [3.05, 3.63) is 35.5 Å². The molecule has 0 fully saturated rings. The number of nitrogens with two attached hydrogens (primary N) is 1. The Hall–Kier alpha value is -1.62. The molecule has 0 amide bonds. The molecular weight excluding hydrogens is 222 g/mol. The van der Waals surface area contributed by atoms with E-state index < -0.39 is 0 Å². The molecule has 0 saturated carbocycles. The largest absolute Gasteiger partial charge is 0.487 e. The van der Waals surface area contributed by atoms with Crippen LogP contribution in [0.25, 0.3) is 0 Å². The topological polar surface area (TPSA) is 61.0 Å². The Balaban J connectivity index is 2.07. The summed E-state index contributed by atoms with van der Waals surface area (Å²) in [6.07, 6.45) is 0.945.